The van der Waals surface area contributed by atoms with Crippen molar-refractivity contribution in [2.45, 2.75) is 25.8 Å². The Morgan fingerprint density at radius 3 is 2.88 bits per heavy atom. The Morgan fingerprint density at radius 1 is 1.62 bits per heavy atom. The van der Waals surface area contributed by atoms with Gasteiger partial charge in [0.2, 0.25) is 0 Å². The van der Waals surface area contributed by atoms with Crippen molar-refractivity contribution in [1.29, 1.82) is 0 Å². The molecule has 0 amide bonds. The second-order valence-corrected chi connectivity index (χ2v) is 4.77. The van der Waals surface area contributed by atoms with Gasteiger partial charge >= 0.3 is 5.97 Å². The molecule has 0 aromatic heterocycles. The van der Waals surface area contributed by atoms with Gasteiger partial charge in [0.05, 0.1) is 10.7 Å². The Hall–Kier alpha value is -0.740. The van der Waals surface area contributed by atoms with E-state index >= 15 is 0 Å². The highest BCUT2D eigenvalue weighted by atomic mass is 79.9. The molecule has 0 heterocycles. The molecule has 0 saturated carbocycles. The number of carboxylic acid groups (broad SMARTS) is 1. The topological polar surface area (TPSA) is 49.3 Å². The van der Waals surface area contributed by atoms with E-state index in [-0.39, 0.29) is 0 Å². The van der Waals surface area contributed by atoms with Gasteiger partial charge in [-0.2, -0.15) is 0 Å². The summed E-state index contributed by atoms with van der Waals surface area (Å²) < 4.78 is 0.861. The summed E-state index contributed by atoms with van der Waals surface area (Å²) in [5.41, 5.74) is 0.636. The van der Waals surface area contributed by atoms with E-state index in [1.807, 2.05) is 13.0 Å². The molecule has 1 aromatic rings. The number of hydrogen-bond acceptors (Lipinski definition) is 2. The van der Waals surface area contributed by atoms with Gasteiger partial charge in [-0.25, -0.2) is 4.79 Å². The van der Waals surface area contributed by atoms with Crippen LogP contribution in [0.25, 0.3) is 0 Å². The van der Waals surface area contributed by atoms with Crippen LogP contribution in [0.2, 0.25) is 5.02 Å². The average Bonchev–Trinajstić information content (AvgIpc) is 2.22. The lowest BCUT2D eigenvalue weighted by Crippen LogP contribution is -2.29. The standard InChI is InChI=1S/C11H13BrClNO2/c1-2-3-9(11(15)16)14-10-6-7(12)4-5-8(10)13/h4-6,9,14H,2-3H2,1H3,(H,15,16). The molecule has 1 aromatic carbocycles. The molecule has 1 atom stereocenters. The number of nitrogens with one attached hydrogen (secondary N) is 1. The number of benzene rings is 1. The van der Waals surface area contributed by atoms with Crippen LogP contribution in [0.3, 0.4) is 0 Å². The van der Waals surface area contributed by atoms with E-state index in [9.17, 15) is 4.79 Å². The van der Waals surface area contributed by atoms with E-state index in [1.54, 1.807) is 12.1 Å². The first-order chi connectivity index (χ1) is 7.54. The van der Waals surface area contributed by atoms with Gasteiger partial charge in [-0.05, 0) is 24.6 Å². The number of carboxylic acids is 1. The minimum Gasteiger partial charge on any atom is -0.480 e. The number of carbonyl (C=O) groups is 1. The van der Waals surface area contributed by atoms with Crippen LogP contribution < -0.4 is 5.32 Å². The van der Waals surface area contributed by atoms with Crippen molar-refractivity contribution in [3.05, 3.63) is 27.7 Å². The van der Waals surface area contributed by atoms with Crippen molar-refractivity contribution in [3.63, 3.8) is 0 Å². The third-order valence-electron chi connectivity index (χ3n) is 2.13. The molecule has 0 fully saturated rings. The summed E-state index contributed by atoms with van der Waals surface area (Å²) in [4.78, 5) is 11.0. The molecule has 16 heavy (non-hydrogen) atoms. The Labute approximate surface area is 108 Å². The van der Waals surface area contributed by atoms with E-state index in [0.29, 0.717) is 17.1 Å². The van der Waals surface area contributed by atoms with Crippen molar-refractivity contribution < 1.29 is 9.90 Å². The zero-order valence-corrected chi connectivity index (χ0v) is 11.2. The lowest BCUT2D eigenvalue weighted by molar-refractivity contribution is -0.138. The minimum absolute atomic E-state index is 0.519. The largest absolute Gasteiger partial charge is 0.480 e. The van der Waals surface area contributed by atoms with Gasteiger partial charge < -0.3 is 10.4 Å². The van der Waals surface area contributed by atoms with Gasteiger partial charge in [0.15, 0.2) is 0 Å². The fourth-order valence-corrected chi connectivity index (χ4v) is 1.88. The molecule has 0 aliphatic rings. The smallest absolute Gasteiger partial charge is 0.326 e. The third kappa shape index (κ3) is 3.68. The highest BCUT2D eigenvalue weighted by molar-refractivity contribution is 9.10. The number of halogens is 2. The Morgan fingerprint density at radius 2 is 2.31 bits per heavy atom. The third-order valence-corrected chi connectivity index (χ3v) is 2.96. The van der Waals surface area contributed by atoms with Crippen molar-refractivity contribution in [3.8, 4) is 0 Å². The predicted molar refractivity (Wildman–Crippen MR) is 69.1 cm³/mol. The molecular weight excluding hydrogens is 293 g/mol. The fraction of sp³-hybridized carbons (Fsp3) is 0.364. The van der Waals surface area contributed by atoms with Gasteiger partial charge in [-0.1, -0.05) is 40.9 Å². The summed E-state index contributed by atoms with van der Waals surface area (Å²) >= 11 is 9.29. The van der Waals surface area contributed by atoms with Gasteiger partial charge in [-0.3, -0.25) is 0 Å². The molecule has 1 unspecified atom stereocenters. The van der Waals surface area contributed by atoms with Crippen LogP contribution in [-0.4, -0.2) is 17.1 Å². The van der Waals surface area contributed by atoms with Crippen LogP contribution >= 0.6 is 27.5 Å². The zero-order valence-electron chi connectivity index (χ0n) is 8.84. The van der Waals surface area contributed by atoms with Crippen molar-refractivity contribution in [2.75, 3.05) is 5.32 Å². The van der Waals surface area contributed by atoms with Crippen LogP contribution in [-0.2, 0) is 4.79 Å². The van der Waals surface area contributed by atoms with Crippen molar-refractivity contribution >= 4 is 39.2 Å². The van der Waals surface area contributed by atoms with Crippen LogP contribution in [0, 0.1) is 0 Å². The molecular formula is C11H13BrClNO2. The first-order valence-electron chi connectivity index (χ1n) is 4.99. The minimum atomic E-state index is -0.863. The van der Waals surface area contributed by atoms with E-state index < -0.39 is 12.0 Å². The normalized spacial score (nSPS) is 12.2. The summed E-state index contributed by atoms with van der Waals surface area (Å²) in [7, 11) is 0. The molecule has 0 radical (unpaired) electrons. The summed E-state index contributed by atoms with van der Waals surface area (Å²) in [6.45, 7) is 1.94. The van der Waals surface area contributed by atoms with Crippen LogP contribution in [0.15, 0.2) is 22.7 Å². The highest BCUT2D eigenvalue weighted by Gasteiger charge is 2.16. The van der Waals surface area contributed by atoms with Crippen LogP contribution in [0.5, 0.6) is 0 Å². The number of rotatable bonds is 5. The van der Waals surface area contributed by atoms with E-state index in [1.165, 1.54) is 0 Å². The molecule has 0 aliphatic carbocycles. The highest BCUT2D eigenvalue weighted by Crippen LogP contribution is 2.26. The summed E-state index contributed by atoms with van der Waals surface area (Å²) in [6.07, 6.45) is 1.37. The summed E-state index contributed by atoms with van der Waals surface area (Å²) in [5.74, 6) is -0.863. The quantitative estimate of drug-likeness (QED) is 0.870. The van der Waals surface area contributed by atoms with Crippen molar-refractivity contribution in [1.82, 2.24) is 0 Å². The fourth-order valence-electron chi connectivity index (χ4n) is 1.34. The maximum Gasteiger partial charge on any atom is 0.326 e. The van der Waals surface area contributed by atoms with Crippen LogP contribution in [0.4, 0.5) is 5.69 Å². The predicted octanol–water partition coefficient (Wildman–Crippen LogP) is 3.77. The second-order valence-electron chi connectivity index (χ2n) is 3.45. The monoisotopic (exact) mass is 305 g/mol. The first kappa shape index (κ1) is 13.3. The molecule has 0 bridgehead atoms. The first-order valence-corrected chi connectivity index (χ1v) is 6.16. The Bertz CT molecular complexity index is 384. The molecule has 2 N–H and O–H groups in total. The molecule has 0 spiro atoms. The van der Waals surface area contributed by atoms with E-state index in [0.717, 1.165) is 10.9 Å². The lowest BCUT2D eigenvalue weighted by atomic mass is 10.1. The molecule has 5 heteroatoms. The van der Waals surface area contributed by atoms with Crippen LogP contribution in [0.1, 0.15) is 19.8 Å². The van der Waals surface area contributed by atoms with Gasteiger partial charge in [-0.15, -0.1) is 0 Å². The lowest BCUT2D eigenvalue weighted by Gasteiger charge is -2.16. The van der Waals surface area contributed by atoms with Crippen molar-refractivity contribution in [2.24, 2.45) is 0 Å². The molecule has 1 rings (SSSR count). The van der Waals surface area contributed by atoms with E-state index in [2.05, 4.69) is 21.2 Å². The van der Waals surface area contributed by atoms with E-state index in [4.69, 9.17) is 16.7 Å². The van der Waals surface area contributed by atoms with Gasteiger partial charge in [0.1, 0.15) is 6.04 Å². The maximum absolute atomic E-state index is 11.0. The summed E-state index contributed by atoms with van der Waals surface area (Å²) in [5, 5.41) is 12.5. The van der Waals surface area contributed by atoms with Gasteiger partial charge in [0, 0.05) is 4.47 Å². The maximum atomic E-state index is 11.0. The van der Waals surface area contributed by atoms with Gasteiger partial charge in [0.25, 0.3) is 0 Å². The number of anilines is 1. The number of aliphatic carboxylic acids is 1. The zero-order chi connectivity index (χ0) is 12.1. The average molecular weight is 307 g/mol. The second kappa shape index (κ2) is 6.11. The molecule has 88 valence electrons. The SMILES string of the molecule is CCCC(Nc1cc(Br)ccc1Cl)C(=O)O. The Balaban J connectivity index is 2.84. The molecule has 0 saturated heterocycles. The number of hydrogen-bond donors (Lipinski definition) is 2. The Kier molecular flexibility index (Phi) is 5.09. The summed E-state index contributed by atoms with van der Waals surface area (Å²) in [6, 6.07) is 4.70. The molecule has 3 nitrogen and oxygen atoms in total. The molecule has 0 aliphatic heterocycles.